The van der Waals surface area contributed by atoms with Gasteiger partial charge in [-0.1, -0.05) is 0 Å². The van der Waals surface area contributed by atoms with Gasteiger partial charge in [-0.25, -0.2) is 9.97 Å². The highest BCUT2D eigenvalue weighted by Gasteiger charge is 2.51. The summed E-state index contributed by atoms with van der Waals surface area (Å²) in [7, 11) is 1.58. The van der Waals surface area contributed by atoms with Crippen LogP contribution in [-0.4, -0.2) is 63.9 Å². The molecule has 1 saturated carbocycles. The highest BCUT2D eigenvalue weighted by atomic mass is 16.2. The Hall–Kier alpha value is -3.74. The Balaban J connectivity index is 1.28. The summed E-state index contributed by atoms with van der Waals surface area (Å²) < 4.78 is 0. The van der Waals surface area contributed by atoms with Crippen molar-refractivity contribution in [3.63, 3.8) is 0 Å². The molecule has 10 heteroatoms. The molecule has 2 aromatic heterocycles. The molecule has 0 spiro atoms. The molecule has 0 aromatic carbocycles. The summed E-state index contributed by atoms with van der Waals surface area (Å²) in [5.74, 6) is 0.975. The first-order valence-electron chi connectivity index (χ1n) is 11.2. The number of carbonyl (C=O) groups is 2. The predicted octanol–water partition coefficient (Wildman–Crippen LogP) is 1.62. The number of piperazine rings is 1. The molecule has 2 aliphatic heterocycles. The van der Waals surface area contributed by atoms with Crippen molar-refractivity contribution in [3.05, 3.63) is 35.8 Å². The van der Waals surface area contributed by atoms with Crippen LogP contribution in [0, 0.1) is 30.1 Å². The van der Waals surface area contributed by atoms with Crippen LogP contribution in [0.5, 0.6) is 0 Å². The smallest absolute Gasteiger partial charge is 0.269 e. The SMILES string of the molecule is CNC(=O)c1ncc(Nc2nccc(N3CC4CCC(C3)N4C(=O)[C@@H]3C[C@H]3C#N)n2)cc1C. The zero-order chi connectivity index (χ0) is 23.1. The standard InChI is InChI=1S/C23H26N8O2/c1-13-7-15(10-27-20(13)21(32)25-2)28-23-26-6-5-19(29-23)30-11-16-3-4-17(12-30)31(16)22(33)18-8-14(18)9-24/h5-7,10,14,16-18H,3-4,8,11-12H2,1-2H3,(H,25,32)(H,26,28,29)/t14-,16?,17?,18+/m0/s1. The maximum Gasteiger partial charge on any atom is 0.269 e. The fourth-order valence-corrected chi connectivity index (χ4v) is 4.97. The van der Waals surface area contributed by atoms with Gasteiger partial charge in [0.25, 0.3) is 5.91 Å². The Morgan fingerprint density at radius 2 is 1.97 bits per heavy atom. The zero-order valence-corrected chi connectivity index (χ0v) is 18.7. The molecule has 2 bridgehead atoms. The van der Waals surface area contributed by atoms with Crippen LogP contribution in [0.1, 0.15) is 35.3 Å². The van der Waals surface area contributed by atoms with E-state index in [1.807, 2.05) is 24.0 Å². The number of hydrogen-bond acceptors (Lipinski definition) is 8. The van der Waals surface area contributed by atoms with Gasteiger partial charge in [-0.05, 0) is 43.9 Å². The molecule has 2 unspecified atom stereocenters. The van der Waals surface area contributed by atoms with Gasteiger partial charge in [-0.2, -0.15) is 10.2 Å². The summed E-state index contributed by atoms with van der Waals surface area (Å²) in [6.07, 6.45) is 5.97. The fraction of sp³-hybridized carbons (Fsp3) is 0.478. The van der Waals surface area contributed by atoms with Crippen molar-refractivity contribution in [2.24, 2.45) is 11.8 Å². The second-order valence-corrected chi connectivity index (χ2v) is 8.95. The van der Waals surface area contributed by atoms with Crippen LogP contribution in [0.2, 0.25) is 0 Å². The number of nitrogens with zero attached hydrogens (tertiary/aromatic N) is 6. The van der Waals surface area contributed by atoms with Crippen molar-refractivity contribution in [2.45, 2.75) is 38.3 Å². The highest BCUT2D eigenvalue weighted by molar-refractivity contribution is 5.93. The molecule has 2 aromatic rings. The number of aryl methyl sites for hydroxylation is 1. The van der Waals surface area contributed by atoms with E-state index in [0.717, 1.165) is 37.3 Å². The van der Waals surface area contributed by atoms with Crippen molar-refractivity contribution in [3.8, 4) is 6.07 Å². The lowest BCUT2D eigenvalue weighted by Gasteiger charge is -2.41. The van der Waals surface area contributed by atoms with Crippen molar-refractivity contribution in [2.75, 3.05) is 30.4 Å². The minimum atomic E-state index is -0.227. The van der Waals surface area contributed by atoms with Gasteiger partial charge in [0.1, 0.15) is 11.5 Å². The van der Waals surface area contributed by atoms with Crippen molar-refractivity contribution in [1.29, 1.82) is 5.26 Å². The number of anilines is 3. The number of pyridine rings is 1. The van der Waals surface area contributed by atoms with Crippen molar-refractivity contribution in [1.82, 2.24) is 25.2 Å². The lowest BCUT2D eigenvalue weighted by atomic mass is 10.1. The zero-order valence-electron chi connectivity index (χ0n) is 18.7. The van der Waals surface area contributed by atoms with Crippen LogP contribution in [-0.2, 0) is 4.79 Å². The first-order chi connectivity index (χ1) is 16.0. The molecule has 2 amide bonds. The Morgan fingerprint density at radius 3 is 2.61 bits per heavy atom. The van der Waals surface area contributed by atoms with E-state index in [0.29, 0.717) is 23.8 Å². The number of hydrogen-bond donors (Lipinski definition) is 2. The van der Waals surface area contributed by atoms with E-state index in [1.165, 1.54) is 0 Å². The molecular weight excluding hydrogens is 420 g/mol. The molecule has 3 aliphatic rings. The van der Waals surface area contributed by atoms with Crippen LogP contribution < -0.4 is 15.5 Å². The van der Waals surface area contributed by atoms with E-state index >= 15 is 0 Å². The van der Waals surface area contributed by atoms with Gasteiger partial charge in [-0.15, -0.1) is 0 Å². The minimum Gasteiger partial charge on any atom is -0.354 e. The summed E-state index contributed by atoms with van der Waals surface area (Å²) in [6, 6.07) is 6.27. The van der Waals surface area contributed by atoms with E-state index in [9.17, 15) is 9.59 Å². The molecule has 5 rings (SSSR count). The summed E-state index contributed by atoms with van der Waals surface area (Å²) in [6.45, 7) is 3.28. The summed E-state index contributed by atoms with van der Waals surface area (Å²) in [4.78, 5) is 42.3. The summed E-state index contributed by atoms with van der Waals surface area (Å²) in [5, 5.41) is 14.8. The van der Waals surface area contributed by atoms with Crippen LogP contribution in [0.4, 0.5) is 17.5 Å². The monoisotopic (exact) mass is 446 g/mol. The molecule has 4 heterocycles. The fourth-order valence-electron chi connectivity index (χ4n) is 4.97. The molecule has 1 aliphatic carbocycles. The Kier molecular flexibility index (Phi) is 5.32. The number of fused-ring (bicyclic) bond motifs is 2. The second-order valence-electron chi connectivity index (χ2n) is 8.95. The van der Waals surface area contributed by atoms with E-state index in [-0.39, 0.29) is 35.7 Å². The molecule has 33 heavy (non-hydrogen) atoms. The third kappa shape index (κ3) is 3.95. The molecule has 4 atom stereocenters. The number of aromatic nitrogens is 3. The van der Waals surface area contributed by atoms with Gasteiger partial charge in [0.05, 0.1) is 29.8 Å². The average molecular weight is 447 g/mol. The van der Waals surface area contributed by atoms with Crippen molar-refractivity contribution >= 4 is 29.3 Å². The summed E-state index contributed by atoms with van der Waals surface area (Å²) in [5.41, 5.74) is 1.83. The second kappa shape index (κ2) is 8.31. The number of rotatable bonds is 5. The predicted molar refractivity (Wildman–Crippen MR) is 121 cm³/mol. The van der Waals surface area contributed by atoms with E-state index < -0.39 is 0 Å². The van der Waals surface area contributed by atoms with E-state index in [1.54, 1.807) is 19.4 Å². The minimum absolute atomic E-state index is 0.103. The van der Waals surface area contributed by atoms with Crippen molar-refractivity contribution < 1.29 is 9.59 Å². The Morgan fingerprint density at radius 1 is 1.21 bits per heavy atom. The lowest BCUT2D eigenvalue weighted by Crippen LogP contribution is -2.56. The van der Waals surface area contributed by atoms with E-state index in [4.69, 9.17) is 5.26 Å². The number of nitrogens with one attached hydrogen (secondary N) is 2. The number of carbonyl (C=O) groups excluding carboxylic acids is 2. The molecule has 170 valence electrons. The third-order valence-electron chi connectivity index (χ3n) is 6.75. The van der Waals surface area contributed by atoms with Gasteiger partial charge in [0.2, 0.25) is 11.9 Å². The first-order valence-corrected chi connectivity index (χ1v) is 11.2. The molecule has 3 fully saturated rings. The topological polar surface area (TPSA) is 127 Å². The molecule has 0 radical (unpaired) electrons. The molecule has 2 N–H and O–H groups in total. The number of nitriles is 1. The van der Waals surface area contributed by atoms with Gasteiger partial charge in [0, 0.05) is 38.4 Å². The molecule has 2 saturated heterocycles. The third-order valence-corrected chi connectivity index (χ3v) is 6.75. The maximum absolute atomic E-state index is 12.9. The number of amides is 2. The largest absolute Gasteiger partial charge is 0.354 e. The van der Waals surface area contributed by atoms with Gasteiger partial charge >= 0.3 is 0 Å². The Labute approximate surface area is 192 Å². The average Bonchev–Trinajstić information content (AvgIpc) is 3.57. The lowest BCUT2D eigenvalue weighted by molar-refractivity contribution is -0.136. The normalized spacial score (nSPS) is 25.4. The van der Waals surface area contributed by atoms with Gasteiger partial charge in [0.15, 0.2) is 0 Å². The summed E-state index contributed by atoms with van der Waals surface area (Å²) >= 11 is 0. The quantitative estimate of drug-likeness (QED) is 0.709. The van der Waals surface area contributed by atoms with Crippen LogP contribution in [0.3, 0.4) is 0 Å². The van der Waals surface area contributed by atoms with Crippen LogP contribution >= 0.6 is 0 Å². The van der Waals surface area contributed by atoms with Crippen LogP contribution in [0.15, 0.2) is 24.5 Å². The maximum atomic E-state index is 12.9. The van der Waals surface area contributed by atoms with Gasteiger partial charge < -0.3 is 20.4 Å². The van der Waals surface area contributed by atoms with E-state index in [2.05, 4.69) is 36.6 Å². The molecular formula is C23H26N8O2. The molecule has 10 nitrogen and oxygen atoms in total. The van der Waals surface area contributed by atoms with Gasteiger partial charge in [-0.3, -0.25) is 9.59 Å². The Bertz CT molecular complexity index is 1130. The first kappa shape index (κ1) is 21.1. The van der Waals surface area contributed by atoms with Crippen LogP contribution in [0.25, 0.3) is 0 Å². The highest BCUT2D eigenvalue weighted by Crippen LogP contribution is 2.43.